The molecule has 1 unspecified atom stereocenters. The minimum Gasteiger partial charge on any atom is -0.334 e. The van der Waals surface area contributed by atoms with Crippen molar-refractivity contribution in [2.75, 3.05) is 6.54 Å². The van der Waals surface area contributed by atoms with Crippen molar-refractivity contribution in [3.05, 3.63) is 40.7 Å². The van der Waals surface area contributed by atoms with Crippen LogP contribution in [0.1, 0.15) is 42.4 Å². The summed E-state index contributed by atoms with van der Waals surface area (Å²) in [7, 11) is 0. The van der Waals surface area contributed by atoms with Crippen LogP contribution in [0.5, 0.6) is 0 Å². The Hall–Kier alpha value is -1.88. The molecule has 2 heterocycles. The fourth-order valence-electron chi connectivity index (χ4n) is 2.80. The SMILES string of the molecule is Cc1nn(-c2ccc(Cl)cc2)nc1C(=O)N1CCCCC1C. The van der Waals surface area contributed by atoms with E-state index in [9.17, 15) is 4.79 Å². The van der Waals surface area contributed by atoms with Crippen molar-refractivity contribution in [2.24, 2.45) is 0 Å². The van der Waals surface area contributed by atoms with Gasteiger partial charge in [0.25, 0.3) is 5.91 Å². The Balaban J connectivity index is 1.88. The Morgan fingerprint density at radius 1 is 1.23 bits per heavy atom. The Bertz CT molecular complexity index is 680. The number of likely N-dealkylation sites (tertiary alicyclic amines) is 1. The predicted octanol–water partition coefficient (Wildman–Crippen LogP) is 3.24. The minimum atomic E-state index is -0.0232. The van der Waals surface area contributed by atoms with Crippen LogP contribution in [0.25, 0.3) is 5.69 Å². The number of aryl methyl sites for hydroxylation is 1. The normalized spacial score (nSPS) is 18.5. The van der Waals surface area contributed by atoms with Crippen LogP contribution in [-0.4, -0.2) is 38.4 Å². The van der Waals surface area contributed by atoms with E-state index in [4.69, 9.17) is 11.6 Å². The van der Waals surface area contributed by atoms with Crippen LogP contribution < -0.4 is 0 Å². The smallest absolute Gasteiger partial charge is 0.276 e. The fraction of sp³-hybridized carbons (Fsp3) is 0.438. The van der Waals surface area contributed by atoms with Gasteiger partial charge in [0, 0.05) is 17.6 Å². The van der Waals surface area contributed by atoms with Gasteiger partial charge in [0.2, 0.25) is 0 Å². The molecule has 1 saturated heterocycles. The van der Waals surface area contributed by atoms with Crippen molar-refractivity contribution < 1.29 is 4.79 Å². The number of benzene rings is 1. The molecule has 0 spiro atoms. The average molecular weight is 319 g/mol. The highest BCUT2D eigenvalue weighted by Crippen LogP contribution is 2.20. The third kappa shape index (κ3) is 2.86. The van der Waals surface area contributed by atoms with E-state index in [2.05, 4.69) is 17.1 Å². The second-order valence-electron chi connectivity index (χ2n) is 5.74. The average Bonchev–Trinajstić information content (AvgIpc) is 2.90. The van der Waals surface area contributed by atoms with Crippen LogP contribution in [0.15, 0.2) is 24.3 Å². The summed E-state index contributed by atoms with van der Waals surface area (Å²) < 4.78 is 0. The molecule has 0 bridgehead atoms. The first kappa shape index (κ1) is 15.0. The summed E-state index contributed by atoms with van der Waals surface area (Å²) in [5, 5.41) is 9.42. The van der Waals surface area contributed by atoms with Gasteiger partial charge in [0.15, 0.2) is 5.69 Å². The molecular formula is C16H19ClN4O. The first-order chi connectivity index (χ1) is 10.6. The Labute approximate surface area is 134 Å². The Morgan fingerprint density at radius 3 is 2.64 bits per heavy atom. The number of piperidine rings is 1. The molecule has 1 aliphatic heterocycles. The van der Waals surface area contributed by atoms with Crippen LogP contribution in [0.4, 0.5) is 0 Å². The quantitative estimate of drug-likeness (QED) is 0.854. The van der Waals surface area contributed by atoms with E-state index in [1.54, 1.807) is 12.1 Å². The molecule has 1 aliphatic rings. The van der Waals surface area contributed by atoms with Gasteiger partial charge >= 0.3 is 0 Å². The van der Waals surface area contributed by atoms with Gasteiger partial charge in [-0.2, -0.15) is 9.90 Å². The largest absolute Gasteiger partial charge is 0.334 e. The zero-order chi connectivity index (χ0) is 15.7. The molecule has 0 N–H and O–H groups in total. The highest BCUT2D eigenvalue weighted by molar-refractivity contribution is 6.30. The molecule has 1 atom stereocenters. The molecule has 1 amide bonds. The predicted molar refractivity (Wildman–Crippen MR) is 85.5 cm³/mol. The summed E-state index contributed by atoms with van der Waals surface area (Å²) in [5.41, 5.74) is 1.87. The molecule has 1 aromatic heterocycles. The number of aromatic nitrogens is 3. The first-order valence-electron chi connectivity index (χ1n) is 7.57. The molecule has 6 heteroatoms. The second-order valence-corrected chi connectivity index (χ2v) is 6.18. The van der Waals surface area contributed by atoms with E-state index in [1.165, 1.54) is 11.2 Å². The number of carbonyl (C=O) groups is 1. The summed E-state index contributed by atoms with van der Waals surface area (Å²) in [4.78, 5) is 16.1. The molecule has 22 heavy (non-hydrogen) atoms. The summed E-state index contributed by atoms with van der Waals surface area (Å²) in [6.07, 6.45) is 3.29. The van der Waals surface area contributed by atoms with Crippen molar-refractivity contribution in [1.82, 2.24) is 19.9 Å². The number of carbonyl (C=O) groups excluding carboxylic acids is 1. The monoisotopic (exact) mass is 318 g/mol. The summed E-state index contributed by atoms with van der Waals surface area (Å²) in [6.45, 7) is 4.71. The molecule has 3 rings (SSSR count). The Morgan fingerprint density at radius 2 is 1.95 bits per heavy atom. The molecule has 2 aromatic rings. The third-order valence-corrected chi connectivity index (χ3v) is 4.36. The standard InChI is InChI=1S/C16H19ClN4O/c1-11-5-3-4-10-20(11)16(22)15-12(2)18-21(19-15)14-8-6-13(17)7-9-14/h6-9,11H,3-5,10H2,1-2H3. The van der Waals surface area contributed by atoms with Crippen molar-refractivity contribution >= 4 is 17.5 Å². The molecule has 1 fully saturated rings. The summed E-state index contributed by atoms with van der Waals surface area (Å²) in [6, 6.07) is 7.49. The fourth-order valence-corrected chi connectivity index (χ4v) is 2.93. The van der Waals surface area contributed by atoms with Crippen LogP contribution in [-0.2, 0) is 0 Å². The number of hydrogen-bond acceptors (Lipinski definition) is 3. The maximum atomic E-state index is 12.7. The van der Waals surface area contributed by atoms with E-state index in [0.29, 0.717) is 16.4 Å². The lowest BCUT2D eigenvalue weighted by atomic mass is 10.0. The molecule has 0 radical (unpaired) electrons. The summed E-state index contributed by atoms with van der Waals surface area (Å²) >= 11 is 5.89. The van der Waals surface area contributed by atoms with E-state index < -0.39 is 0 Å². The molecule has 5 nitrogen and oxygen atoms in total. The van der Waals surface area contributed by atoms with Crippen molar-refractivity contribution in [3.8, 4) is 5.69 Å². The molecule has 0 aliphatic carbocycles. The van der Waals surface area contributed by atoms with Gasteiger partial charge in [0.05, 0.1) is 11.4 Å². The zero-order valence-corrected chi connectivity index (χ0v) is 13.5. The number of rotatable bonds is 2. The van der Waals surface area contributed by atoms with E-state index in [-0.39, 0.29) is 11.9 Å². The second kappa shape index (κ2) is 6.08. The lowest BCUT2D eigenvalue weighted by Gasteiger charge is -2.32. The maximum absolute atomic E-state index is 12.7. The molecule has 1 aromatic carbocycles. The number of nitrogens with zero attached hydrogens (tertiary/aromatic N) is 4. The van der Waals surface area contributed by atoms with Crippen molar-refractivity contribution in [2.45, 2.75) is 39.2 Å². The van der Waals surface area contributed by atoms with Crippen LogP contribution >= 0.6 is 11.6 Å². The lowest BCUT2D eigenvalue weighted by Crippen LogP contribution is -2.42. The van der Waals surface area contributed by atoms with Gasteiger partial charge in [-0.1, -0.05) is 11.6 Å². The number of amides is 1. The van der Waals surface area contributed by atoms with Crippen LogP contribution in [0.2, 0.25) is 5.02 Å². The van der Waals surface area contributed by atoms with Crippen LogP contribution in [0, 0.1) is 6.92 Å². The van der Waals surface area contributed by atoms with Gasteiger partial charge in [0.1, 0.15) is 0 Å². The van der Waals surface area contributed by atoms with E-state index in [0.717, 1.165) is 25.1 Å². The topological polar surface area (TPSA) is 51.0 Å². The van der Waals surface area contributed by atoms with Crippen LogP contribution in [0.3, 0.4) is 0 Å². The van der Waals surface area contributed by atoms with Gasteiger partial charge in [-0.15, -0.1) is 5.10 Å². The lowest BCUT2D eigenvalue weighted by molar-refractivity contribution is 0.0628. The van der Waals surface area contributed by atoms with Gasteiger partial charge in [-0.05, 0) is 57.4 Å². The minimum absolute atomic E-state index is 0.0232. The highest BCUT2D eigenvalue weighted by Gasteiger charge is 2.27. The van der Waals surface area contributed by atoms with E-state index >= 15 is 0 Å². The molecular weight excluding hydrogens is 300 g/mol. The van der Waals surface area contributed by atoms with Crippen molar-refractivity contribution in [1.29, 1.82) is 0 Å². The number of hydrogen-bond donors (Lipinski definition) is 0. The number of halogens is 1. The van der Waals surface area contributed by atoms with Gasteiger partial charge in [-0.25, -0.2) is 0 Å². The zero-order valence-electron chi connectivity index (χ0n) is 12.8. The van der Waals surface area contributed by atoms with Gasteiger partial charge in [-0.3, -0.25) is 4.79 Å². The first-order valence-corrected chi connectivity index (χ1v) is 7.95. The van der Waals surface area contributed by atoms with E-state index in [1.807, 2.05) is 24.0 Å². The van der Waals surface area contributed by atoms with Crippen molar-refractivity contribution in [3.63, 3.8) is 0 Å². The van der Waals surface area contributed by atoms with Gasteiger partial charge < -0.3 is 4.90 Å². The molecule has 0 saturated carbocycles. The maximum Gasteiger partial charge on any atom is 0.276 e. The highest BCUT2D eigenvalue weighted by atomic mass is 35.5. The summed E-state index contributed by atoms with van der Waals surface area (Å²) in [5.74, 6) is -0.0232. The molecule has 116 valence electrons. The third-order valence-electron chi connectivity index (χ3n) is 4.11. The Kier molecular flexibility index (Phi) is 4.16.